The van der Waals surface area contributed by atoms with Gasteiger partial charge in [-0.15, -0.1) is 0 Å². The van der Waals surface area contributed by atoms with Crippen molar-refractivity contribution in [3.8, 4) is 0 Å². The number of nitrogens with two attached hydrogens (primary N) is 1. The zero-order valence-corrected chi connectivity index (χ0v) is 7.92. The number of amides is 1. The Morgan fingerprint density at radius 3 is 2.50 bits per heavy atom. The molecule has 4 heteroatoms. The van der Waals surface area contributed by atoms with E-state index in [0.717, 1.165) is 0 Å². The van der Waals surface area contributed by atoms with Gasteiger partial charge in [0.2, 0.25) is 5.91 Å². The first kappa shape index (κ1) is 11.4. The molecule has 0 aliphatic carbocycles. The second kappa shape index (κ2) is 4.42. The fourth-order valence-corrected chi connectivity index (χ4v) is 0.620. The molecule has 0 aromatic heterocycles. The lowest BCUT2D eigenvalue weighted by atomic mass is 10.1. The zero-order chi connectivity index (χ0) is 9.78. The molecule has 4 N–H and O–H groups in total. The molecule has 0 aliphatic heterocycles. The van der Waals surface area contributed by atoms with Crippen LogP contribution in [0.3, 0.4) is 0 Å². The summed E-state index contributed by atoms with van der Waals surface area (Å²) in [6.45, 7) is 5.34. The minimum absolute atomic E-state index is 0.209. The quantitative estimate of drug-likeness (QED) is 0.543. The average molecular weight is 174 g/mol. The monoisotopic (exact) mass is 174 g/mol. The molecule has 0 saturated heterocycles. The van der Waals surface area contributed by atoms with Gasteiger partial charge >= 0.3 is 0 Å². The van der Waals surface area contributed by atoms with Crippen molar-refractivity contribution in [1.82, 2.24) is 5.32 Å². The summed E-state index contributed by atoms with van der Waals surface area (Å²) < 4.78 is 0. The topological polar surface area (TPSA) is 75.4 Å². The highest BCUT2D eigenvalue weighted by Gasteiger charge is 2.16. The van der Waals surface area contributed by atoms with Gasteiger partial charge in [0.05, 0.1) is 11.6 Å². The predicted octanol–water partition coefficient (Wildman–Crippen LogP) is -0.389. The minimum atomic E-state index is -0.872. The van der Waals surface area contributed by atoms with E-state index in [4.69, 9.17) is 5.73 Å². The van der Waals surface area contributed by atoms with E-state index in [2.05, 4.69) is 5.32 Å². The van der Waals surface area contributed by atoms with E-state index in [1.807, 2.05) is 6.92 Å². The lowest BCUT2D eigenvalue weighted by Gasteiger charge is -2.19. The van der Waals surface area contributed by atoms with Crippen LogP contribution in [0.1, 0.15) is 27.2 Å². The van der Waals surface area contributed by atoms with Gasteiger partial charge in [-0.05, 0) is 20.3 Å². The van der Waals surface area contributed by atoms with Gasteiger partial charge in [-0.1, -0.05) is 6.92 Å². The largest absolute Gasteiger partial charge is 0.389 e. The van der Waals surface area contributed by atoms with Crippen molar-refractivity contribution in [1.29, 1.82) is 0 Å². The van der Waals surface area contributed by atoms with Gasteiger partial charge in [-0.25, -0.2) is 0 Å². The van der Waals surface area contributed by atoms with Gasteiger partial charge in [-0.3, -0.25) is 4.79 Å². The summed E-state index contributed by atoms with van der Waals surface area (Å²) in [5, 5.41) is 11.8. The Morgan fingerprint density at radius 1 is 1.67 bits per heavy atom. The second-order valence-electron chi connectivity index (χ2n) is 3.54. The van der Waals surface area contributed by atoms with Gasteiger partial charge in [0.15, 0.2) is 0 Å². The van der Waals surface area contributed by atoms with Gasteiger partial charge in [-0.2, -0.15) is 0 Å². The fraction of sp³-hybridized carbons (Fsp3) is 0.875. The van der Waals surface area contributed by atoms with Crippen LogP contribution in [0.4, 0.5) is 0 Å². The Labute approximate surface area is 73.1 Å². The molecule has 0 saturated carbocycles. The maximum atomic E-state index is 11.1. The first-order chi connectivity index (χ1) is 5.37. The Morgan fingerprint density at radius 2 is 2.17 bits per heavy atom. The molecule has 0 heterocycles. The molecule has 0 aliphatic rings. The van der Waals surface area contributed by atoms with Crippen molar-refractivity contribution in [2.24, 2.45) is 5.73 Å². The predicted molar refractivity (Wildman–Crippen MR) is 47.6 cm³/mol. The standard InChI is InChI=1S/C8H18N2O2/c1-4-6(9)7(11)10-5-8(2,3)12/h6,12H,4-5,9H2,1-3H3,(H,10,11)/t6-/m1/s1. The number of hydrogen-bond acceptors (Lipinski definition) is 3. The second-order valence-corrected chi connectivity index (χ2v) is 3.54. The van der Waals surface area contributed by atoms with E-state index in [1.165, 1.54) is 0 Å². The Balaban J connectivity index is 3.72. The normalized spacial score (nSPS) is 14.1. The van der Waals surface area contributed by atoms with Crippen LogP contribution in [0.15, 0.2) is 0 Å². The van der Waals surface area contributed by atoms with Crippen LogP contribution in [-0.2, 0) is 4.79 Å². The third-order valence-electron chi connectivity index (χ3n) is 1.47. The molecule has 0 radical (unpaired) electrons. The van der Waals surface area contributed by atoms with Gasteiger partial charge in [0.1, 0.15) is 0 Å². The summed E-state index contributed by atoms with van der Waals surface area (Å²) in [4.78, 5) is 11.1. The lowest BCUT2D eigenvalue weighted by Crippen LogP contribution is -2.45. The highest BCUT2D eigenvalue weighted by molar-refractivity contribution is 5.81. The van der Waals surface area contributed by atoms with Crippen molar-refractivity contribution < 1.29 is 9.90 Å². The molecule has 0 aromatic carbocycles. The number of nitrogens with one attached hydrogen (secondary N) is 1. The summed E-state index contributed by atoms with van der Waals surface area (Å²) >= 11 is 0. The summed E-state index contributed by atoms with van der Waals surface area (Å²) in [6.07, 6.45) is 0.609. The highest BCUT2D eigenvalue weighted by Crippen LogP contribution is 1.97. The first-order valence-corrected chi connectivity index (χ1v) is 4.12. The van der Waals surface area contributed by atoms with Crippen molar-refractivity contribution in [2.75, 3.05) is 6.54 Å². The van der Waals surface area contributed by atoms with Gasteiger partial charge in [0, 0.05) is 6.54 Å². The number of aliphatic hydroxyl groups is 1. The first-order valence-electron chi connectivity index (χ1n) is 4.12. The van der Waals surface area contributed by atoms with Crippen LogP contribution < -0.4 is 11.1 Å². The molecule has 72 valence electrons. The van der Waals surface area contributed by atoms with Crippen LogP contribution in [0, 0.1) is 0 Å². The van der Waals surface area contributed by atoms with Crippen LogP contribution in [0.25, 0.3) is 0 Å². The SMILES string of the molecule is CC[C@@H](N)C(=O)NCC(C)(C)O. The molecule has 0 aromatic rings. The molecule has 12 heavy (non-hydrogen) atoms. The van der Waals surface area contributed by atoms with Crippen molar-refractivity contribution >= 4 is 5.91 Å². The van der Waals surface area contributed by atoms with Crippen molar-refractivity contribution in [3.63, 3.8) is 0 Å². The Hall–Kier alpha value is -0.610. The van der Waals surface area contributed by atoms with E-state index in [9.17, 15) is 9.90 Å². The molecule has 0 fully saturated rings. The maximum absolute atomic E-state index is 11.1. The highest BCUT2D eigenvalue weighted by atomic mass is 16.3. The molecular weight excluding hydrogens is 156 g/mol. The summed E-state index contributed by atoms with van der Waals surface area (Å²) in [5.74, 6) is -0.209. The molecule has 4 nitrogen and oxygen atoms in total. The Kier molecular flexibility index (Phi) is 4.20. The molecule has 1 amide bonds. The number of carbonyl (C=O) groups excluding carboxylic acids is 1. The van der Waals surface area contributed by atoms with Crippen LogP contribution in [0.2, 0.25) is 0 Å². The summed E-state index contributed by atoms with van der Waals surface area (Å²) in [7, 11) is 0. The van der Waals surface area contributed by atoms with Crippen LogP contribution in [0.5, 0.6) is 0 Å². The molecule has 0 unspecified atom stereocenters. The number of hydrogen-bond donors (Lipinski definition) is 3. The van der Waals surface area contributed by atoms with E-state index in [0.29, 0.717) is 6.42 Å². The summed E-state index contributed by atoms with van der Waals surface area (Å²) in [5.41, 5.74) is 4.58. The van der Waals surface area contributed by atoms with E-state index in [-0.39, 0.29) is 12.5 Å². The molecule has 0 spiro atoms. The molecule has 0 bridgehead atoms. The smallest absolute Gasteiger partial charge is 0.237 e. The summed E-state index contributed by atoms with van der Waals surface area (Å²) in [6, 6.07) is -0.465. The minimum Gasteiger partial charge on any atom is -0.389 e. The van der Waals surface area contributed by atoms with E-state index >= 15 is 0 Å². The zero-order valence-electron chi connectivity index (χ0n) is 7.92. The third-order valence-corrected chi connectivity index (χ3v) is 1.47. The number of carbonyl (C=O) groups is 1. The van der Waals surface area contributed by atoms with Gasteiger partial charge < -0.3 is 16.2 Å². The van der Waals surface area contributed by atoms with E-state index in [1.54, 1.807) is 13.8 Å². The van der Waals surface area contributed by atoms with E-state index < -0.39 is 11.6 Å². The number of rotatable bonds is 4. The maximum Gasteiger partial charge on any atom is 0.237 e. The van der Waals surface area contributed by atoms with Gasteiger partial charge in [0.25, 0.3) is 0 Å². The van der Waals surface area contributed by atoms with Crippen molar-refractivity contribution in [3.05, 3.63) is 0 Å². The third kappa shape index (κ3) is 5.09. The molecular formula is C8H18N2O2. The molecule has 1 atom stereocenters. The Bertz CT molecular complexity index is 152. The molecule has 0 rings (SSSR count). The van der Waals surface area contributed by atoms with Crippen LogP contribution >= 0.6 is 0 Å². The van der Waals surface area contributed by atoms with Crippen molar-refractivity contribution in [2.45, 2.75) is 38.8 Å². The fourth-order valence-electron chi connectivity index (χ4n) is 0.620. The lowest BCUT2D eigenvalue weighted by molar-refractivity contribution is -0.123. The van der Waals surface area contributed by atoms with Crippen LogP contribution in [-0.4, -0.2) is 29.2 Å². The average Bonchev–Trinajstić information content (AvgIpc) is 1.97.